The molecule has 1 N–H and O–H groups in total. The molecule has 0 fully saturated rings. The number of rotatable bonds is 8. The molecule has 26 heavy (non-hydrogen) atoms. The summed E-state index contributed by atoms with van der Waals surface area (Å²) in [6, 6.07) is 13.1. The minimum atomic E-state index is -0.377. The average Bonchev–Trinajstić information content (AvgIpc) is 3.32. The van der Waals surface area contributed by atoms with Crippen molar-refractivity contribution in [1.82, 2.24) is 10.3 Å². The number of carbonyl (C=O) groups is 2. The molecule has 134 valence electrons. The fourth-order valence-electron chi connectivity index (χ4n) is 2.26. The lowest BCUT2D eigenvalue weighted by molar-refractivity contribution is -0.144. The number of nitrogens with zero attached hydrogens (tertiary/aromatic N) is 1. The van der Waals surface area contributed by atoms with Crippen molar-refractivity contribution in [1.29, 1.82) is 0 Å². The molecule has 0 radical (unpaired) electrons. The van der Waals surface area contributed by atoms with Gasteiger partial charge in [0.1, 0.15) is 6.61 Å². The summed E-state index contributed by atoms with van der Waals surface area (Å²) in [6.07, 6.45) is 2.00. The summed E-state index contributed by atoms with van der Waals surface area (Å²) in [4.78, 5) is 27.9. The highest BCUT2D eigenvalue weighted by atomic mass is 32.1. The summed E-state index contributed by atoms with van der Waals surface area (Å²) in [5.74, 6) is 0.192. The van der Waals surface area contributed by atoms with E-state index in [1.54, 1.807) is 12.3 Å². The summed E-state index contributed by atoms with van der Waals surface area (Å²) in [5.41, 5.74) is 1.60. The number of thiazole rings is 1. The van der Waals surface area contributed by atoms with Crippen LogP contribution in [-0.2, 0) is 27.4 Å². The molecule has 1 aromatic carbocycles. The number of nitrogens with one attached hydrogen (secondary N) is 1. The molecule has 0 unspecified atom stereocenters. The predicted molar refractivity (Wildman–Crippen MR) is 97.4 cm³/mol. The summed E-state index contributed by atoms with van der Waals surface area (Å²) >= 11 is 1.43. The molecule has 3 aromatic rings. The van der Waals surface area contributed by atoms with E-state index in [0.717, 1.165) is 10.6 Å². The highest BCUT2D eigenvalue weighted by Gasteiger charge is 2.10. The van der Waals surface area contributed by atoms with Crippen LogP contribution >= 0.6 is 11.3 Å². The number of carbonyl (C=O) groups excluding carboxylic acids is 2. The second-order valence-electron chi connectivity index (χ2n) is 5.54. The standard InChI is InChI=1S/C19H18N2O4S/c22-17(11-14-5-2-1-3-6-14)20-9-8-18(23)25-12-15-13-26-19(21-15)16-7-4-10-24-16/h1-7,10,13H,8-9,11-12H2,(H,20,22). The Morgan fingerprint density at radius 3 is 2.77 bits per heavy atom. The van der Waals surface area contributed by atoms with Crippen LogP contribution in [0.3, 0.4) is 0 Å². The van der Waals surface area contributed by atoms with Crippen molar-refractivity contribution in [2.75, 3.05) is 6.54 Å². The van der Waals surface area contributed by atoms with E-state index in [1.165, 1.54) is 11.3 Å². The van der Waals surface area contributed by atoms with E-state index >= 15 is 0 Å². The van der Waals surface area contributed by atoms with E-state index in [0.29, 0.717) is 17.9 Å². The van der Waals surface area contributed by atoms with Gasteiger partial charge in [0, 0.05) is 11.9 Å². The largest absolute Gasteiger partial charge is 0.462 e. The number of benzene rings is 1. The van der Waals surface area contributed by atoms with Crippen molar-refractivity contribution >= 4 is 23.2 Å². The molecular weight excluding hydrogens is 352 g/mol. The maximum atomic E-state index is 11.8. The zero-order chi connectivity index (χ0) is 18.2. The van der Waals surface area contributed by atoms with E-state index < -0.39 is 0 Å². The van der Waals surface area contributed by atoms with Crippen LogP contribution in [0.1, 0.15) is 17.7 Å². The quantitative estimate of drug-likeness (QED) is 0.616. The van der Waals surface area contributed by atoms with Crippen LogP contribution in [0.2, 0.25) is 0 Å². The number of aromatic nitrogens is 1. The molecule has 3 rings (SSSR count). The van der Waals surface area contributed by atoms with Gasteiger partial charge in [-0.1, -0.05) is 30.3 Å². The molecular formula is C19H18N2O4S. The second kappa shape index (κ2) is 8.96. The van der Waals surface area contributed by atoms with Crippen molar-refractivity contribution in [2.45, 2.75) is 19.4 Å². The number of hydrogen-bond donors (Lipinski definition) is 1. The monoisotopic (exact) mass is 370 g/mol. The topological polar surface area (TPSA) is 81.4 Å². The van der Waals surface area contributed by atoms with E-state index in [1.807, 2.05) is 41.8 Å². The minimum absolute atomic E-state index is 0.105. The van der Waals surface area contributed by atoms with Crippen molar-refractivity contribution in [2.24, 2.45) is 0 Å². The maximum absolute atomic E-state index is 11.8. The third-order valence-corrected chi connectivity index (χ3v) is 4.43. The van der Waals surface area contributed by atoms with Gasteiger partial charge in [0.25, 0.3) is 0 Å². The molecule has 0 bridgehead atoms. The zero-order valence-electron chi connectivity index (χ0n) is 14.0. The molecule has 0 aliphatic carbocycles. The summed E-state index contributed by atoms with van der Waals surface area (Å²) < 4.78 is 10.5. The van der Waals surface area contributed by atoms with Gasteiger partial charge in [-0.15, -0.1) is 11.3 Å². The predicted octanol–water partition coefficient (Wildman–Crippen LogP) is 3.20. The van der Waals surface area contributed by atoms with E-state index in [-0.39, 0.29) is 31.4 Å². The van der Waals surface area contributed by atoms with Gasteiger partial charge in [-0.25, -0.2) is 4.98 Å². The molecule has 1 amide bonds. The molecule has 2 aromatic heterocycles. The lowest BCUT2D eigenvalue weighted by Crippen LogP contribution is -2.27. The first-order valence-electron chi connectivity index (χ1n) is 8.15. The Bertz CT molecular complexity index is 844. The zero-order valence-corrected chi connectivity index (χ0v) is 14.8. The van der Waals surface area contributed by atoms with Crippen LogP contribution in [0.4, 0.5) is 0 Å². The number of furan rings is 1. The molecule has 0 saturated heterocycles. The number of ether oxygens (including phenoxy) is 1. The van der Waals surface area contributed by atoms with Gasteiger partial charge in [0.05, 0.1) is 24.8 Å². The van der Waals surface area contributed by atoms with Crippen molar-refractivity contribution < 1.29 is 18.7 Å². The van der Waals surface area contributed by atoms with Gasteiger partial charge in [-0.3, -0.25) is 9.59 Å². The molecule has 0 saturated carbocycles. The van der Waals surface area contributed by atoms with E-state index in [9.17, 15) is 9.59 Å². The van der Waals surface area contributed by atoms with Gasteiger partial charge < -0.3 is 14.5 Å². The molecule has 7 heteroatoms. The Kier molecular flexibility index (Phi) is 6.16. The van der Waals surface area contributed by atoms with E-state index in [4.69, 9.17) is 9.15 Å². The van der Waals surface area contributed by atoms with Gasteiger partial charge >= 0.3 is 5.97 Å². The Morgan fingerprint density at radius 1 is 1.15 bits per heavy atom. The van der Waals surface area contributed by atoms with Crippen molar-refractivity contribution in [3.63, 3.8) is 0 Å². The molecule has 0 spiro atoms. The van der Waals surface area contributed by atoms with Gasteiger partial charge in [0.15, 0.2) is 10.8 Å². The van der Waals surface area contributed by atoms with Gasteiger partial charge in [-0.2, -0.15) is 0 Å². The molecule has 0 aliphatic heterocycles. The fourth-order valence-corrected chi connectivity index (χ4v) is 3.03. The van der Waals surface area contributed by atoms with Crippen LogP contribution in [0.5, 0.6) is 0 Å². The first-order chi connectivity index (χ1) is 12.7. The molecule has 0 atom stereocenters. The normalized spacial score (nSPS) is 10.5. The Labute approximate surface area is 154 Å². The number of esters is 1. The summed E-state index contributed by atoms with van der Waals surface area (Å²) in [5, 5.41) is 5.29. The molecule has 0 aliphatic rings. The van der Waals surface area contributed by atoms with E-state index in [2.05, 4.69) is 10.3 Å². The Morgan fingerprint density at radius 2 is 2.00 bits per heavy atom. The first-order valence-corrected chi connectivity index (χ1v) is 9.03. The second-order valence-corrected chi connectivity index (χ2v) is 6.40. The minimum Gasteiger partial charge on any atom is -0.462 e. The smallest absolute Gasteiger partial charge is 0.307 e. The maximum Gasteiger partial charge on any atom is 0.307 e. The number of amides is 1. The van der Waals surface area contributed by atoms with Crippen LogP contribution < -0.4 is 5.32 Å². The first kappa shape index (κ1) is 17.9. The Balaban J connectivity index is 1.35. The van der Waals surface area contributed by atoms with Crippen molar-refractivity contribution in [3.8, 4) is 10.8 Å². The molecule has 2 heterocycles. The van der Waals surface area contributed by atoms with Crippen LogP contribution in [0.15, 0.2) is 58.5 Å². The van der Waals surface area contributed by atoms with Crippen molar-refractivity contribution in [3.05, 3.63) is 65.4 Å². The third-order valence-electron chi connectivity index (χ3n) is 3.52. The number of hydrogen-bond acceptors (Lipinski definition) is 6. The van der Waals surface area contributed by atoms with Crippen LogP contribution in [0.25, 0.3) is 10.8 Å². The average molecular weight is 370 g/mol. The molecule has 6 nitrogen and oxygen atoms in total. The Hall–Kier alpha value is -2.93. The third kappa shape index (κ3) is 5.29. The summed E-state index contributed by atoms with van der Waals surface area (Å²) in [7, 11) is 0. The fraction of sp³-hybridized carbons (Fsp3) is 0.211. The summed E-state index contributed by atoms with van der Waals surface area (Å²) in [6.45, 7) is 0.354. The lowest BCUT2D eigenvalue weighted by Gasteiger charge is -2.05. The van der Waals surface area contributed by atoms with Gasteiger partial charge in [0.2, 0.25) is 5.91 Å². The van der Waals surface area contributed by atoms with Crippen LogP contribution in [-0.4, -0.2) is 23.4 Å². The lowest BCUT2D eigenvalue weighted by atomic mass is 10.1. The van der Waals surface area contributed by atoms with Crippen LogP contribution in [0, 0.1) is 0 Å². The highest BCUT2D eigenvalue weighted by molar-refractivity contribution is 7.13. The highest BCUT2D eigenvalue weighted by Crippen LogP contribution is 2.24. The SMILES string of the molecule is O=C(Cc1ccccc1)NCCC(=O)OCc1csc(-c2ccco2)n1. The van der Waals surface area contributed by atoms with Gasteiger partial charge in [-0.05, 0) is 17.7 Å².